The number of nitrogens with zero attached hydrogens (tertiary/aromatic N) is 3. The number of carbonyl (C=O) groups is 3. The quantitative estimate of drug-likeness (QED) is 0.763. The summed E-state index contributed by atoms with van der Waals surface area (Å²) in [5.74, 6) is 0.685. The fraction of sp³-hybridized carbons (Fsp3) is 0.333. The summed E-state index contributed by atoms with van der Waals surface area (Å²) in [5.41, 5.74) is 1.37. The second-order valence-corrected chi connectivity index (χ2v) is 7.17. The normalized spacial score (nSPS) is 22.4. The van der Waals surface area contributed by atoms with Crippen molar-refractivity contribution < 1.29 is 24.6 Å². The lowest BCUT2D eigenvalue weighted by molar-refractivity contribution is -0.130. The second-order valence-electron chi connectivity index (χ2n) is 7.17. The van der Waals surface area contributed by atoms with Gasteiger partial charge in [0.25, 0.3) is 6.47 Å². The third-order valence-electron chi connectivity index (χ3n) is 5.53. The molecule has 2 N–H and O–H groups in total. The van der Waals surface area contributed by atoms with Gasteiger partial charge in [0.2, 0.25) is 5.91 Å². The van der Waals surface area contributed by atoms with Gasteiger partial charge in [-0.1, -0.05) is 30.3 Å². The monoisotopic (exact) mass is 397 g/mol. The average Bonchev–Trinajstić information content (AvgIpc) is 3.27. The van der Waals surface area contributed by atoms with E-state index in [0.29, 0.717) is 11.8 Å². The summed E-state index contributed by atoms with van der Waals surface area (Å²) in [5, 5.41) is 15.9. The maximum atomic E-state index is 12.2. The van der Waals surface area contributed by atoms with Gasteiger partial charge >= 0.3 is 5.97 Å². The number of aromatic carboxylic acids is 1. The highest BCUT2D eigenvalue weighted by atomic mass is 16.4. The van der Waals surface area contributed by atoms with Gasteiger partial charge in [-0.3, -0.25) is 9.59 Å². The molecule has 2 aliphatic rings. The van der Waals surface area contributed by atoms with Crippen molar-refractivity contribution in [2.24, 2.45) is 11.8 Å². The van der Waals surface area contributed by atoms with Gasteiger partial charge in [-0.05, 0) is 17.7 Å². The van der Waals surface area contributed by atoms with E-state index in [1.54, 1.807) is 19.1 Å². The molecule has 0 aliphatic carbocycles. The van der Waals surface area contributed by atoms with Crippen LogP contribution in [0.3, 0.4) is 0 Å². The van der Waals surface area contributed by atoms with E-state index in [1.807, 2.05) is 23.1 Å². The van der Waals surface area contributed by atoms with E-state index in [9.17, 15) is 9.59 Å². The van der Waals surface area contributed by atoms with Crippen LogP contribution in [0.5, 0.6) is 0 Å². The smallest absolute Gasteiger partial charge is 0.337 e. The van der Waals surface area contributed by atoms with E-state index >= 15 is 0 Å². The molecule has 2 fully saturated rings. The first kappa shape index (κ1) is 20.3. The molecule has 8 heteroatoms. The Bertz CT molecular complexity index is 872. The lowest BCUT2D eigenvalue weighted by atomic mass is 9.89. The Morgan fingerprint density at radius 3 is 2.34 bits per heavy atom. The predicted octanol–water partition coefficient (Wildman–Crippen LogP) is 2.14. The number of hydrogen-bond acceptors (Lipinski definition) is 5. The number of benzene rings is 1. The summed E-state index contributed by atoms with van der Waals surface area (Å²) in [6, 6.07) is 13.6. The number of carboxylic acids is 1. The Morgan fingerprint density at radius 2 is 1.79 bits per heavy atom. The Labute approximate surface area is 168 Å². The molecule has 0 bridgehead atoms. The zero-order chi connectivity index (χ0) is 21.0. The van der Waals surface area contributed by atoms with Crippen molar-refractivity contribution >= 4 is 24.2 Å². The van der Waals surface area contributed by atoms with Gasteiger partial charge in [0.15, 0.2) is 0 Å². The van der Waals surface area contributed by atoms with Crippen molar-refractivity contribution in [2.45, 2.75) is 13.0 Å². The largest absolute Gasteiger partial charge is 0.483 e. The topological polar surface area (TPSA) is 111 Å². The predicted molar refractivity (Wildman–Crippen MR) is 106 cm³/mol. The number of fused-ring (bicyclic) bond motifs is 1. The fourth-order valence-corrected chi connectivity index (χ4v) is 4.33. The molecule has 3 heterocycles. The van der Waals surface area contributed by atoms with Crippen LogP contribution in [0.4, 0.5) is 5.82 Å². The molecule has 1 aromatic heterocycles. The van der Waals surface area contributed by atoms with E-state index in [1.165, 1.54) is 11.8 Å². The van der Waals surface area contributed by atoms with Gasteiger partial charge in [0.1, 0.15) is 5.82 Å². The number of hydrogen-bond donors (Lipinski definition) is 2. The number of carbonyl (C=O) groups excluding carboxylic acids is 1. The standard InChI is InChI=1S/C20H21N3O3.CH2O2/c1-13(24)23-11-16-10-22(18-8-7-15(9-21-18)20(25)26)12-17(16)19(23)14-5-3-2-4-6-14;2-1-3/h2-9,16-17,19H,10-12H2,1H3,(H,25,26);1H,(H,2,3)/t16-,17-,19-;/m1./s1. The van der Waals surface area contributed by atoms with Crippen molar-refractivity contribution in [3.63, 3.8) is 0 Å². The number of aromatic nitrogens is 1. The summed E-state index contributed by atoms with van der Waals surface area (Å²) < 4.78 is 0. The summed E-state index contributed by atoms with van der Waals surface area (Å²) in [4.78, 5) is 40.0. The van der Waals surface area contributed by atoms with Crippen molar-refractivity contribution in [1.29, 1.82) is 0 Å². The molecule has 2 saturated heterocycles. The van der Waals surface area contributed by atoms with E-state index in [-0.39, 0.29) is 24.0 Å². The number of amides is 1. The van der Waals surface area contributed by atoms with Crippen LogP contribution in [0.2, 0.25) is 0 Å². The van der Waals surface area contributed by atoms with Crippen LogP contribution in [-0.2, 0) is 9.59 Å². The van der Waals surface area contributed by atoms with Crippen LogP contribution in [0.25, 0.3) is 0 Å². The molecule has 29 heavy (non-hydrogen) atoms. The molecule has 3 atom stereocenters. The first-order valence-corrected chi connectivity index (χ1v) is 9.30. The zero-order valence-corrected chi connectivity index (χ0v) is 16.0. The maximum Gasteiger partial charge on any atom is 0.337 e. The van der Waals surface area contributed by atoms with Crippen LogP contribution >= 0.6 is 0 Å². The van der Waals surface area contributed by atoms with Crippen molar-refractivity contribution in [3.05, 3.63) is 59.8 Å². The summed E-state index contributed by atoms with van der Waals surface area (Å²) in [6.45, 7) is 3.79. The molecule has 2 aromatic rings. The SMILES string of the molecule is CC(=O)N1C[C@H]2CN(c3ccc(C(=O)O)cn3)C[C@H]2[C@H]1c1ccccc1.O=CO. The molecule has 0 radical (unpaired) electrons. The van der Waals surface area contributed by atoms with Gasteiger partial charge in [-0.25, -0.2) is 9.78 Å². The Balaban J connectivity index is 0.000000755. The van der Waals surface area contributed by atoms with Crippen LogP contribution in [0, 0.1) is 11.8 Å². The van der Waals surface area contributed by atoms with Crippen LogP contribution in [0.15, 0.2) is 48.7 Å². The molecule has 8 nitrogen and oxygen atoms in total. The van der Waals surface area contributed by atoms with Gasteiger partial charge in [-0.2, -0.15) is 0 Å². The lowest BCUT2D eigenvalue weighted by Gasteiger charge is -2.29. The summed E-state index contributed by atoms with van der Waals surface area (Å²) in [7, 11) is 0. The highest BCUT2D eigenvalue weighted by molar-refractivity contribution is 5.87. The molecule has 0 unspecified atom stereocenters. The maximum absolute atomic E-state index is 12.2. The number of rotatable bonds is 3. The first-order chi connectivity index (χ1) is 14.0. The molecule has 0 spiro atoms. The van der Waals surface area contributed by atoms with Crippen LogP contribution in [-0.4, -0.2) is 58.1 Å². The fourth-order valence-electron chi connectivity index (χ4n) is 4.33. The molecule has 4 rings (SSSR count). The van der Waals surface area contributed by atoms with E-state index in [2.05, 4.69) is 22.0 Å². The minimum absolute atomic E-state index is 0.0852. The Hall–Kier alpha value is -3.42. The number of anilines is 1. The lowest BCUT2D eigenvalue weighted by Crippen LogP contribution is -2.34. The average molecular weight is 397 g/mol. The van der Waals surface area contributed by atoms with E-state index in [0.717, 1.165) is 25.5 Å². The molecule has 2 aliphatic heterocycles. The minimum atomic E-state index is -0.969. The number of carboxylic acid groups (broad SMARTS) is 2. The van der Waals surface area contributed by atoms with Crippen LogP contribution < -0.4 is 4.90 Å². The summed E-state index contributed by atoms with van der Waals surface area (Å²) in [6.07, 6.45) is 1.41. The second kappa shape index (κ2) is 8.72. The third kappa shape index (κ3) is 4.21. The molecule has 0 saturated carbocycles. The Kier molecular flexibility index (Phi) is 6.11. The van der Waals surface area contributed by atoms with E-state index in [4.69, 9.17) is 15.0 Å². The number of pyridine rings is 1. The number of likely N-dealkylation sites (tertiary alicyclic amines) is 1. The molecule has 1 amide bonds. The van der Waals surface area contributed by atoms with E-state index < -0.39 is 5.97 Å². The first-order valence-electron chi connectivity index (χ1n) is 9.30. The van der Waals surface area contributed by atoms with Gasteiger partial charge in [-0.15, -0.1) is 0 Å². The van der Waals surface area contributed by atoms with Crippen molar-refractivity contribution in [1.82, 2.24) is 9.88 Å². The molecular formula is C21H23N3O5. The van der Waals surface area contributed by atoms with Crippen LogP contribution in [0.1, 0.15) is 28.9 Å². The van der Waals surface area contributed by atoms with Crippen molar-refractivity contribution in [2.75, 3.05) is 24.5 Å². The third-order valence-corrected chi connectivity index (χ3v) is 5.53. The van der Waals surface area contributed by atoms with Crippen molar-refractivity contribution in [3.8, 4) is 0 Å². The molecular weight excluding hydrogens is 374 g/mol. The minimum Gasteiger partial charge on any atom is -0.483 e. The highest BCUT2D eigenvalue weighted by Crippen LogP contribution is 2.45. The summed E-state index contributed by atoms with van der Waals surface area (Å²) >= 11 is 0. The highest BCUT2D eigenvalue weighted by Gasteiger charge is 2.48. The zero-order valence-electron chi connectivity index (χ0n) is 16.0. The van der Waals surface area contributed by atoms with Gasteiger partial charge in [0, 0.05) is 44.6 Å². The van der Waals surface area contributed by atoms with Gasteiger partial charge in [0.05, 0.1) is 11.6 Å². The Morgan fingerprint density at radius 1 is 1.10 bits per heavy atom. The molecule has 152 valence electrons. The molecule has 1 aromatic carbocycles. The van der Waals surface area contributed by atoms with Gasteiger partial charge < -0.3 is 20.0 Å².